The van der Waals surface area contributed by atoms with Gasteiger partial charge in [-0.15, -0.1) is 0 Å². The smallest absolute Gasteiger partial charge is 0.243 e. The van der Waals surface area contributed by atoms with E-state index in [9.17, 15) is 4.79 Å². The number of nitrogens with one attached hydrogen (secondary N) is 1. The average molecular weight is 169 g/mol. The minimum atomic E-state index is -0.237. The van der Waals surface area contributed by atoms with Crippen molar-refractivity contribution in [2.45, 2.75) is 31.9 Å². The lowest BCUT2D eigenvalue weighted by Gasteiger charge is -2.25. The maximum absolute atomic E-state index is 11.0. The topological polar surface area (TPSA) is 38.3 Å². The molecule has 1 aliphatic rings. The van der Waals surface area contributed by atoms with Crippen LogP contribution in [0.1, 0.15) is 20.3 Å². The van der Waals surface area contributed by atoms with Gasteiger partial charge in [-0.05, 0) is 26.3 Å². The van der Waals surface area contributed by atoms with Gasteiger partial charge in [0.25, 0.3) is 0 Å². The molecule has 1 aliphatic heterocycles. The fourth-order valence-electron chi connectivity index (χ4n) is 1.36. The van der Waals surface area contributed by atoms with E-state index < -0.39 is 0 Å². The Labute approximate surface area is 72.8 Å². The Hall–Kier alpha value is -0.830. The molecule has 0 aromatic rings. The van der Waals surface area contributed by atoms with Crippen molar-refractivity contribution in [3.8, 4) is 0 Å². The van der Waals surface area contributed by atoms with Crippen molar-refractivity contribution >= 4 is 5.91 Å². The molecule has 68 valence electrons. The van der Waals surface area contributed by atoms with Gasteiger partial charge in [0.2, 0.25) is 5.91 Å². The van der Waals surface area contributed by atoms with Gasteiger partial charge in [0.05, 0.1) is 11.6 Å². The molecule has 12 heavy (non-hydrogen) atoms. The Kier molecular flexibility index (Phi) is 2.52. The van der Waals surface area contributed by atoms with Gasteiger partial charge in [-0.25, -0.2) is 0 Å². The van der Waals surface area contributed by atoms with E-state index in [1.54, 1.807) is 0 Å². The third kappa shape index (κ3) is 1.85. The number of hydrogen-bond donors (Lipinski definition) is 1. The second-order valence-corrected chi connectivity index (χ2v) is 3.51. The third-order valence-electron chi connectivity index (χ3n) is 2.22. The first-order valence-corrected chi connectivity index (χ1v) is 4.13. The highest BCUT2D eigenvalue weighted by molar-refractivity contribution is 5.87. The minimum Gasteiger partial charge on any atom is -0.373 e. The van der Waals surface area contributed by atoms with Crippen molar-refractivity contribution in [1.82, 2.24) is 5.32 Å². The molecular weight excluding hydrogens is 154 g/mol. The zero-order chi connectivity index (χ0) is 9.19. The molecular formula is C9H15NO2. The van der Waals surface area contributed by atoms with Crippen LogP contribution >= 0.6 is 0 Å². The van der Waals surface area contributed by atoms with Gasteiger partial charge in [0, 0.05) is 6.61 Å². The highest BCUT2D eigenvalue weighted by Crippen LogP contribution is 2.24. The van der Waals surface area contributed by atoms with E-state index in [0.29, 0.717) is 0 Å². The van der Waals surface area contributed by atoms with Crippen LogP contribution in [0.4, 0.5) is 0 Å². The van der Waals surface area contributed by atoms with Crippen molar-refractivity contribution < 1.29 is 9.53 Å². The maximum atomic E-state index is 11.0. The van der Waals surface area contributed by atoms with Crippen LogP contribution in [0, 0.1) is 0 Å². The molecule has 0 spiro atoms. The molecule has 3 heteroatoms. The van der Waals surface area contributed by atoms with Crippen LogP contribution in [0.5, 0.6) is 0 Å². The summed E-state index contributed by atoms with van der Waals surface area (Å²) in [5.41, 5.74) is -0.237. The minimum absolute atomic E-state index is 0.114. The normalized spacial score (nSPS) is 26.7. The van der Waals surface area contributed by atoms with E-state index in [4.69, 9.17) is 4.74 Å². The number of carbonyl (C=O) groups excluding carboxylic acids is 1. The predicted molar refractivity (Wildman–Crippen MR) is 46.8 cm³/mol. The van der Waals surface area contributed by atoms with Crippen molar-refractivity contribution in [2.75, 3.05) is 6.61 Å². The number of hydrogen-bond acceptors (Lipinski definition) is 2. The molecule has 1 amide bonds. The second-order valence-electron chi connectivity index (χ2n) is 3.51. The fourth-order valence-corrected chi connectivity index (χ4v) is 1.36. The molecule has 1 unspecified atom stereocenters. The van der Waals surface area contributed by atoms with E-state index in [1.807, 2.05) is 13.8 Å². The molecule has 0 saturated carbocycles. The summed E-state index contributed by atoms with van der Waals surface area (Å²) in [6, 6.07) is 0.114. The average Bonchev–Trinajstić information content (AvgIpc) is 2.31. The molecule has 3 nitrogen and oxygen atoms in total. The summed E-state index contributed by atoms with van der Waals surface area (Å²) in [5, 5.41) is 2.84. The lowest BCUT2D eigenvalue weighted by atomic mass is 9.99. The standard InChI is InChI=1S/C9H15NO2/c1-4-8(11)10-7-5-6-12-9(7,2)3/h4,7H,1,5-6H2,2-3H3,(H,10,11). The van der Waals surface area contributed by atoms with E-state index in [-0.39, 0.29) is 17.6 Å². The first-order valence-electron chi connectivity index (χ1n) is 4.13. The second kappa shape index (κ2) is 3.27. The first-order chi connectivity index (χ1) is 5.56. The van der Waals surface area contributed by atoms with Crippen molar-refractivity contribution in [3.05, 3.63) is 12.7 Å². The van der Waals surface area contributed by atoms with E-state index in [1.165, 1.54) is 6.08 Å². The zero-order valence-electron chi connectivity index (χ0n) is 7.59. The molecule has 1 rings (SSSR count). The summed E-state index contributed by atoms with van der Waals surface area (Å²) in [4.78, 5) is 11.0. The lowest BCUT2D eigenvalue weighted by molar-refractivity contribution is -0.118. The summed E-state index contributed by atoms with van der Waals surface area (Å²) < 4.78 is 5.45. The fraction of sp³-hybridized carbons (Fsp3) is 0.667. The molecule has 1 saturated heterocycles. The number of amides is 1. The monoisotopic (exact) mass is 169 g/mol. The van der Waals surface area contributed by atoms with Crippen LogP contribution in [0.25, 0.3) is 0 Å². The molecule has 0 radical (unpaired) electrons. The molecule has 0 bridgehead atoms. The van der Waals surface area contributed by atoms with E-state index >= 15 is 0 Å². The van der Waals surface area contributed by atoms with E-state index in [0.717, 1.165) is 13.0 Å². The quantitative estimate of drug-likeness (QED) is 0.622. The summed E-state index contributed by atoms with van der Waals surface area (Å²) in [7, 11) is 0. The molecule has 1 heterocycles. The predicted octanol–water partition coefficient (Wildman–Crippen LogP) is 0.856. The number of rotatable bonds is 2. The summed E-state index contributed by atoms with van der Waals surface area (Å²) >= 11 is 0. The first kappa shape index (κ1) is 9.26. The highest BCUT2D eigenvalue weighted by Gasteiger charge is 2.36. The Morgan fingerprint density at radius 3 is 2.83 bits per heavy atom. The van der Waals surface area contributed by atoms with Crippen LogP contribution in [0.15, 0.2) is 12.7 Å². The van der Waals surface area contributed by atoms with Crippen molar-refractivity contribution in [3.63, 3.8) is 0 Å². The summed E-state index contributed by atoms with van der Waals surface area (Å²) in [6.45, 7) is 8.08. The van der Waals surface area contributed by atoms with Crippen LogP contribution in [0.3, 0.4) is 0 Å². The Morgan fingerprint density at radius 2 is 2.42 bits per heavy atom. The van der Waals surface area contributed by atoms with Gasteiger partial charge in [0.15, 0.2) is 0 Å². The van der Waals surface area contributed by atoms with E-state index in [2.05, 4.69) is 11.9 Å². The van der Waals surface area contributed by atoms with Crippen LogP contribution < -0.4 is 5.32 Å². The molecule has 1 atom stereocenters. The van der Waals surface area contributed by atoms with Gasteiger partial charge in [-0.1, -0.05) is 6.58 Å². The van der Waals surface area contributed by atoms with Crippen LogP contribution in [-0.4, -0.2) is 24.2 Å². The molecule has 0 aromatic heterocycles. The van der Waals surface area contributed by atoms with Crippen molar-refractivity contribution in [2.24, 2.45) is 0 Å². The van der Waals surface area contributed by atoms with Crippen LogP contribution in [0.2, 0.25) is 0 Å². The Balaban J connectivity index is 2.52. The maximum Gasteiger partial charge on any atom is 0.243 e. The van der Waals surface area contributed by atoms with Gasteiger partial charge in [-0.2, -0.15) is 0 Å². The van der Waals surface area contributed by atoms with Crippen molar-refractivity contribution in [1.29, 1.82) is 0 Å². The van der Waals surface area contributed by atoms with Gasteiger partial charge in [-0.3, -0.25) is 4.79 Å². The summed E-state index contributed by atoms with van der Waals surface area (Å²) in [6.07, 6.45) is 2.17. The molecule has 1 N–H and O–H groups in total. The lowest BCUT2D eigenvalue weighted by Crippen LogP contribution is -2.45. The number of ether oxygens (including phenoxy) is 1. The van der Waals surface area contributed by atoms with Gasteiger partial charge in [0.1, 0.15) is 0 Å². The molecule has 1 fully saturated rings. The third-order valence-corrected chi connectivity index (χ3v) is 2.22. The van der Waals surface area contributed by atoms with Crippen LogP contribution in [-0.2, 0) is 9.53 Å². The Bertz CT molecular complexity index is 199. The highest BCUT2D eigenvalue weighted by atomic mass is 16.5. The summed E-state index contributed by atoms with van der Waals surface area (Å²) in [5.74, 6) is -0.126. The molecule has 0 aromatic carbocycles. The Morgan fingerprint density at radius 1 is 1.75 bits per heavy atom. The van der Waals surface area contributed by atoms with Gasteiger partial charge < -0.3 is 10.1 Å². The SMILES string of the molecule is C=CC(=O)NC1CCOC1(C)C. The molecule has 0 aliphatic carbocycles. The number of carbonyl (C=O) groups is 1. The zero-order valence-corrected chi connectivity index (χ0v) is 7.59. The van der Waals surface area contributed by atoms with Gasteiger partial charge >= 0.3 is 0 Å². The largest absolute Gasteiger partial charge is 0.373 e.